The van der Waals surface area contributed by atoms with Crippen LogP contribution in [0.2, 0.25) is 0 Å². The fourth-order valence-electron chi connectivity index (χ4n) is 4.66. The summed E-state index contributed by atoms with van der Waals surface area (Å²) in [7, 11) is 1.61. The van der Waals surface area contributed by atoms with Crippen LogP contribution in [-0.4, -0.2) is 57.2 Å². The number of nitrogens with one attached hydrogen (secondary N) is 1. The summed E-state index contributed by atoms with van der Waals surface area (Å²) in [6, 6.07) is 25.3. The van der Waals surface area contributed by atoms with Gasteiger partial charge in [-0.05, 0) is 41.0 Å². The van der Waals surface area contributed by atoms with Gasteiger partial charge in [0.2, 0.25) is 5.91 Å². The number of carboxylic acid groups (broad SMARTS) is 1. The van der Waals surface area contributed by atoms with Crippen molar-refractivity contribution < 1.29 is 24.2 Å². The summed E-state index contributed by atoms with van der Waals surface area (Å²) in [5.41, 5.74) is 3.60. The number of carbonyl (C=O) groups excluding carboxylic acids is 2. The van der Waals surface area contributed by atoms with Crippen LogP contribution in [0.3, 0.4) is 0 Å². The molecule has 2 N–H and O–H groups in total. The Hall–Kier alpha value is -4.44. The van der Waals surface area contributed by atoms with Crippen LogP contribution < -0.4 is 10.1 Å². The average Bonchev–Trinajstić information content (AvgIpc) is 3.57. The van der Waals surface area contributed by atoms with E-state index in [1.165, 1.54) is 11.8 Å². The Labute approximate surface area is 235 Å². The van der Waals surface area contributed by atoms with Crippen molar-refractivity contribution in [3.8, 4) is 5.75 Å². The number of rotatable bonds is 9. The second kappa shape index (κ2) is 12.2. The molecule has 2 aliphatic rings. The molecule has 204 valence electrons. The number of amidine groups is 1. The number of aliphatic carboxylic acids is 1. The van der Waals surface area contributed by atoms with E-state index in [2.05, 4.69) is 10.3 Å². The highest BCUT2D eigenvalue weighted by atomic mass is 32.2. The first kappa shape index (κ1) is 27.1. The molecule has 3 aromatic carbocycles. The Kier molecular flexibility index (Phi) is 8.26. The molecule has 2 heterocycles. The van der Waals surface area contributed by atoms with Crippen molar-refractivity contribution in [2.75, 3.05) is 7.11 Å². The number of carboxylic acids is 1. The molecule has 3 atom stereocenters. The molecule has 9 nitrogen and oxygen atoms in total. The topological polar surface area (TPSA) is 121 Å². The molecule has 2 amide bonds. The molecular formula is C30H28N4O5S. The zero-order chi connectivity index (χ0) is 28.1. The van der Waals surface area contributed by atoms with Crippen LogP contribution in [0.15, 0.2) is 95.0 Å². The summed E-state index contributed by atoms with van der Waals surface area (Å²) in [4.78, 5) is 41.7. The molecule has 10 heteroatoms. The summed E-state index contributed by atoms with van der Waals surface area (Å²) in [5, 5.41) is 18.4. The first-order valence-corrected chi connectivity index (χ1v) is 13.7. The Morgan fingerprint density at radius 2 is 1.73 bits per heavy atom. The number of aliphatic imine (C=N–C) groups is 1. The lowest BCUT2D eigenvalue weighted by Gasteiger charge is -2.23. The largest absolute Gasteiger partial charge is 0.497 e. The molecule has 0 saturated heterocycles. The molecule has 0 aliphatic carbocycles. The van der Waals surface area contributed by atoms with Crippen molar-refractivity contribution in [2.45, 2.75) is 36.6 Å². The van der Waals surface area contributed by atoms with Gasteiger partial charge in [-0.3, -0.25) is 9.59 Å². The molecule has 0 aromatic heterocycles. The zero-order valence-corrected chi connectivity index (χ0v) is 22.6. The van der Waals surface area contributed by atoms with Crippen molar-refractivity contribution >= 4 is 40.4 Å². The minimum atomic E-state index is -1.14. The van der Waals surface area contributed by atoms with Crippen LogP contribution in [0.25, 0.3) is 0 Å². The van der Waals surface area contributed by atoms with E-state index in [-0.39, 0.29) is 18.9 Å². The molecule has 2 aliphatic heterocycles. The number of amides is 2. The lowest BCUT2D eigenvalue weighted by Crippen LogP contribution is -2.43. The van der Waals surface area contributed by atoms with E-state index in [4.69, 9.17) is 9.84 Å². The number of nitrogens with zero attached hydrogens (tertiary/aromatic N) is 3. The van der Waals surface area contributed by atoms with Crippen LogP contribution >= 0.6 is 11.8 Å². The maximum atomic E-state index is 12.9. The van der Waals surface area contributed by atoms with E-state index in [0.29, 0.717) is 11.6 Å². The Bertz CT molecular complexity index is 1440. The van der Waals surface area contributed by atoms with Gasteiger partial charge in [0.15, 0.2) is 5.17 Å². The Morgan fingerprint density at radius 1 is 1.05 bits per heavy atom. The highest BCUT2D eigenvalue weighted by molar-refractivity contribution is 8.15. The number of hydrogen-bond donors (Lipinski definition) is 2. The Morgan fingerprint density at radius 3 is 2.38 bits per heavy atom. The molecule has 0 radical (unpaired) electrons. The number of hydrazone groups is 1. The third kappa shape index (κ3) is 6.23. The van der Waals surface area contributed by atoms with E-state index in [1.807, 2.05) is 72.8 Å². The first-order valence-electron chi connectivity index (χ1n) is 12.8. The van der Waals surface area contributed by atoms with E-state index in [1.54, 1.807) is 24.3 Å². The van der Waals surface area contributed by atoms with Crippen molar-refractivity contribution in [3.05, 3.63) is 102 Å². The monoisotopic (exact) mass is 556 g/mol. The summed E-state index contributed by atoms with van der Waals surface area (Å²) >= 11 is 1.18. The minimum Gasteiger partial charge on any atom is -0.497 e. The summed E-state index contributed by atoms with van der Waals surface area (Å²) in [5.74, 6) is -1.35. The SMILES string of the molecule is COc1ccc(C2=NN(C3=NC(=O)C(CC(=O)NC(Cc4ccccc4)C(=O)O)S3)C(c3ccccc3)C2)cc1. The van der Waals surface area contributed by atoms with Gasteiger partial charge in [0, 0.05) is 19.3 Å². The van der Waals surface area contributed by atoms with Gasteiger partial charge in [-0.2, -0.15) is 10.1 Å². The quantitative estimate of drug-likeness (QED) is 0.408. The van der Waals surface area contributed by atoms with Gasteiger partial charge in [-0.15, -0.1) is 0 Å². The van der Waals surface area contributed by atoms with Gasteiger partial charge in [-0.1, -0.05) is 72.4 Å². The summed E-state index contributed by atoms with van der Waals surface area (Å²) in [6.07, 6.45) is 0.563. The number of methoxy groups -OCH3 is 1. The normalized spacial score (nSPS) is 19.1. The van der Waals surface area contributed by atoms with Gasteiger partial charge >= 0.3 is 5.97 Å². The van der Waals surface area contributed by atoms with E-state index in [0.717, 1.165) is 28.2 Å². The molecule has 0 saturated carbocycles. The molecule has 0 spiro atoms. The maximum Gasteiger partial charge on any atom is 0.326 e. The maximum absolute atomic E-state index is 12.9. The fourth-order valence-corrected chi connectivity index (χ4v) is 5.72. The van der Waals surface area contributed by atoms with Crippen LogP contribution in [0.4, 0.5) is 0 Å². The third-order valence-electron chi connectivity index (χ3n) is 6.73. The van der Waals surface area contributed by atoms with Crippen molar-refractivity contribution in [2.24, 2.45) is 10.1 Å². The standard InChI is InChI=1S/C30H28N4O5S/c1-39-22-14-12-20(13-15-22)23-17-25(21-10-6-3-7-11-21)34(33-23)30-32-28(36)26(40-30)18-27(35)31-24(29(37)38)16-19-8-4-2-5-9-19/h2-15,24-26H,16-18H2,1H3,(H,31,35)(H,37,38). The van der Waals surface area contributed by atoms with Crippen molar-refractivity contribution in [1.82, 2.24) is 10.3 Å². The predicted octanol–water partition coefficient (Wildman–Crippen LogP) is 4.05. The van der Waals surface area contributed by atoms with E-state index < -0.39 is 29.1 Å². The highest BCUT2D eigenvalue weighted by Gasteiger charge is 2.39. The van der Waals surface area contributed by atoms with Crippen molar-refractivity contribution in [3.63, 3.8) is 0 Å². The van der Waals surface area contributed by atoms with Crippen LogP contribution in [0.5, 0.6) is 5.75 Å². The summed E-state index contributed by atoms with van der Waals surface area (Å²) < 4.78 is 5.27. The first-order chi connectivity index (χ1) is 19.4. The molecule has 0 fully saturated rings. The highest BCUT2D eigenvalue weighted by Crippen LogP contribution is 2.38. The van der Waals surface area contributed by atoms with Crippen LogP contribution in [0, 0.1) is 0 Å². The minimum absolute atomic E-state index is 0.144. The van der Waals surface area contributed by atoms with Crippen LogP contribution in [-0.2, 0) is 20.8 Å². The van der Waals surface area contributed by atoms with Gasteiger partial charge in [0.1, 0.15) is 17.0 Å². The van der Waals surface area contributed by atoms with Crippen LogP contribution in [0.1, 0.15) is 35.6 Å². The summed E-state index contributed by atoms with van der Waals surface area (Å²) in [6.45, 7) is 0. The third-order valence-corrected chi connectivity index (χ3v) is 7.87. The number of carbonyl (C=O) groups is 3. The number of hydrogen-bond acceptors (Lipinski definition) is 7. The number of benzene rings is 3. The van der Waals surface area contributed by atoms with Crippen molar-refractivity contribution in [1.29, 1.82) is 0 Å². The number of thioether (sulfide) groups is 1. The fraction of sp³-hybridized carbons (Fsp3) is 0.233. The second-order valence-electron chi connectivity index (χ2n) is 9.44. The molecule has 3 unspecified atom stereocenters. The second-order valence-corrected chi connectivity index (χ2v) is 10.6. The number of ether oxygens (including phenoxy) is 1. The lowest BCUT2D eigenvalue weighted by atomic mass is 9.98. The average molecular weight is 557 g/mol. The van der Waals surface area contributed by atoms with E-state index in [9.17, 15) is 19.5 Å². The van der Waals surface area contributed by atoms with Gasteiger partial charge in [0.05, 0.1) is 18.9 Å². The molecular weight excluding hydrogens is 528 g/mol. The van der Waals surface area contributed by atoms with Gasteiger partial charge in [-0.25, -0.2) is 9.80 Å². The zero-order valence-electron chi connectivity index (χ0n) is 21.8. The predicted molar refractivity (Wildman–Crippen MR) is 153 cm³/mol. The lowest BCUT2D eigenvalue weighted by molar-refractivity contribution is -0.141. The molecule has 40 heavy (non-hydrogen) atoms. The van der Waals surface area contributed by atoms with E-state index >= 15 is 0 Å². The molecule has 5 rings (SSSR count). The Balaban J connectivity index is 1.29. The smallest absolute Gasteiger partial charge is 0.326 e. The van der Waals surface area contributed by atoms with Gasteiger partial charge < -0.3 is 15.2 Å². The molecule has 3 aromatic rings. The van der Waals surface area contributed by atoms with Gasteiger partial charge in [0.25, 0.3) is 5.91 Å². The molecule has 0 bridgehead atoms.